The lowest BCUT2D eigenvalue weighted by Gasteiger charge is -2.39. The Hall–Kier alpha value is -3.38. The fourth-order valence-electron chi connectivity index (χ4n) is 4.87. The smallest absolute Gasteiger partial charge is 0.357 e. The highest BCUT2D eigenvalue weighted by Gasteiger charge is 2.46. The summed E-state index contributed by atoms with van der Waals surface area (Å²) in [5, 5.41) is 4.65. The first-order chi connectivity index (χ1) is 16.5. The molecule has 186 valence electrons. The largest absolute Gasteiger partial charge is 0.433 e. The van der Waals surface area contributed by atoms with Gasteiger partial charge in [-0.05, 0) is 31.9 Å². The maximum Gasteiger partial charge on any atom is 0.433 e. The van der Waals surface area contributed by atoms with Gasteiger partial charge in [-0.1, -0.05) is 0 Å². The maximum absolute atomic E-state index is 13.2. The van der Waals surface area contributed by atoms with Crippen LogP contribution in [0.5, 0.6) is 0 Å². The summed E-state index contributed by atoms with van der Waals surface area (Å²) < 4.78 is 66.5. The van der Waals surface area contributed by atoms with Crippen molar-refractivity contribution in [2.45, 2.75) is 45.3 Å². The molecule has 0 aliphatic carbocycles. The first-order valence-electron chi connectivity index (χ1n) is 11.1. The lowest BCUT2D eigenvalue weighted by molar-refractivity contribution is -0.141. The number of halogens is 5. The zero-order valence-electron chi connectivity index (χ0n) is 18.8. The highest BCUT2D eigenvalue weighted by atomic mass is 19.4. The molecule has 3 aromatic heterocycles. The standard InChI is InChI=1S/C22H22F5N7O/c1-13-29-15(22(25,26)27)8-18(30-13)33-12-21(9-19(33)35)4-6-32(7-5-21)17-3-2-14-10-28-34(11-16(23)24)20(14)31-17/h2-3,8,10,16H,4-7,9,11-12H2,1H3. The molecular weight excluding hydrogens is 473 g/mol. The SMILES string of the molecule is Cc1nc(N2CC3(CCN(c4ccc5cnn(CC(F)F)c5n4)CC3)CC2=O)cc(C(F)(F)F)n1. The molecule has 0 radical (unpaired) electrons. The van der Waals surface area contributed by atoms with Crippen LogP contribution in [0.3, 0.4) is 0 Å². The minimum absolute atomic E-state index is 0.0338. The van der Waals surface area contributed by atoms with E-state index >= 15 is 0 Å². The van der Waals surface area contributed by atoms with Crippen molar-refractivity contribution in [3.63, 3.8) is 0 Å². The minimum Gasteiger partial charge on any atom is -0.357 e. The van der Waals surface area contributed by atoms with E-state index in [0.29, 0.717) is 42.8 Å². The van der Waals surface area contributed by atoms with Crippen LogP contribution >= 0.6 is 0 Å². The van der Waals surface area contributed by atoms with Gasteiger partial charge in [0.25, 0.3) is 6.43 Å². The second kappa shape index (κ2) is 8.38. The van der Waals surface area contributed by atoms with Crippen molar-refractivity contribution >= 4 is 28.6 Å². The molecule has 0 bridgehead atoms. The van der Waals surface area contributed by atoms with Crippen molar-refractivity contribution in [3.8, 4) is 0 Å². The van der Waals surface area contributed by atoms with Gasteiger partial charge in [0.15, 0.2) is 5.65 Å². The molecular formula is C22H22F5N7O. The van der Waals surface area contributed by atoms with Gasteiger partial charge in [0.2, 0.25) is 5.91 Å². The van der Waals surface area contributed by atoms with Gasteiger partial charge in [-0.2, -0.15) is 18.3 Å². The molecule has 2 aliphatic heterocycles. The van der Waals surface area contributed by atoms with E-state index in [9.17, 15) is 26.7 Å². The first kappa shape index (κ1) is 23.4. The number of fused-ring (bicyclic) bond motifs is 1. The van der Waals surface area contributed by atoms with Gasteiger partial charge in [-0.3, -0.25) is 9.69 Å². The quantitative estimate of drug-likeness (QED) is 0.512. The predicted molar refractivity (Wildman–Crippen MR) is 116 cm³/mol. The van der Waals surface area contributed by atoms with E-state index in [1.165, 1.54) is 22.7 Å². The summed E-state index contributed by atoms with van der Waals surface area (Å²) >= 11 is 0. The number of anilines is 2. The van der Waals surface area contributed by atoms with Gasteiger partial charge >= 0.3 is 6.18 Å². The molecule has 0 aromatic carbocycles. The number of aryl methyl sites for hydroxylation is 1. The molecule has 5 rings (SSSR count). The molecule has 3 aromatic rings. The van der Waals surface area contributed by atoms with Crippen molar-refractivity contribution in [1.82, 2.24) is 24.7 Å². The van der Waals surface area contributed by atoms with Crippen molar-refractivity contribution < 1.29 is 26.7 Å². The van der Waals surface area contributed by atoms with E-state index in [0.717, 1.165) is 6.07 Å². The lowest BCUT2D eigenvalue weighted by Crippen LogP contribution is -2.42. The summed E-state index contributed by atoms with van der Waals surface area (Å²) in [4.78, 5) is 28.2. The molecule has 2 aliphatic rings. The van der Waals surface area contributed by atoms with Gasteiger partial charge in [-0.15, -0.1) is 0 Å². The van der Waals surface area contributed by atoms with E-state index in [1.54, 1.807) is 6.07 Å². The van der Waals surface area contributed by atoms with Crippen LogP contribution in [-0.4, -0.2) is 56.7 Å². The average Bonchev–Trinajstić information content (AvgIpc) is 3.33. The third-order valence-corrected chi connectivity index (χ3v) is 6.64. The minimum atomic E-state index is -4.63. The van der Waals surface area contributed by atoms with Gasteiger partial charge in [0, 0.05) is 42.9 Å². The van der Waals surface area contributed by atoms with Crippen LogP contribution in [0, 0.1) is 12.3 Å². The number of hydrogen-bond donors (Lipinski definition) is 0. The Labute approximate surface area is 196 Å². The van der Waals surface area contributed by atoms with E-state index in [4.69, 9.17) is 0 Å². The highest BCUT2D eigenvalue weighted by Crippen LogP contribution is 2.43. The summed E-state index contributed by atoms with van der Waals surface area (Å²) in [6.45, 7) is 2.24. The number of aromatic nitrogens is 5. The molecule has 2 fully saturated rings. The predicted octanol–water partition coefficient (Wildman–Crippen LogP) is 3.84. The number of alkyl halides is 5. The molecule has 13 heteroatoms. The Bertz CT molecular complexity index is 1270. The molecule has 1 spiro atoms. The fourth-order valence-corrected chi connectivity index (χ4v) is 4.87. The molecule has 0 atom stereocenters. The molecule has 1 amide bonds. The highest BCUT2D eigenvalue weighted by molar-refractivity contribution is 5.95. The number of nitrogens with zero attached hydrogens (tertiary/aromatic N) is 7. The molecule has 5 heterocycles. The van der Waals surface area contributed by atoms with E-state index in [1.807, 2.05) is 11.0 Å². The van der Waals surface area contributed by atoms with Crippen LogP contribution in [0.25, 0.3) is 11.0 Å². The van der Waals surface area contributed by atoms with Gasteiger partial charge in [-0.25, -0.2) is 28.4 Å². The Morgan fingerprint density at radius 2 is 1.83 bits per heavy atom. The van der Waals surface area contributed by atoms with Crippen molar-refractivity contribution in [1.29, 1.82) is 0 Å². The van der Waals surface area contributed by atoms with E-state index in [2.05, 4.69) is 20.1 Å². The summed E-state index contributed by atoms with van der Waals surface area (Å²) in [5.41, 5.74) is -1.08. The average molecular weight is 495 g/mol. The summed E-state index contributed by atoms with van der Waals surface area (Å²) in [6, 6.07) is 4.41. The van der Waals surface area contributed by atoms with Gasteiger partial charge in [0.1, 0.15) is 29.7 Å². The number of pyridine rings is 1. The number of carbonyl (C=O) groups is 1. The second-order valence-corrected chi connectivity index (χ2v) is 9.10. The van der Waals surface area contributed by atoms with E-state index < -0.39 is 24.8 Å². The van der Waals surface area contributed by atoms with Crippen LogP contribution in [0.2, 0.25) is 0 Å². The number of hydrogen-bond acceptors (Lipinski definition) is 6. The molecule has 35 heavy (non-hydrogen) atoms. The van der Waals surface area contributed by atoms with E-state index in [-0.39, 0.29) is 35.9 Å². The van der Waals surface area contributed by atoms with Crippen LogP contribution in [0.15, 0.2) is 24.4 Å². The number of amides is 1. The topological polar surface area (TPSA) is 80.0 Å². The van der Waals surface area contributed by atoms with Crippen molar-refractivity contribution in [2.75, 3.05) is 29.4 Å². The normalized spacial score (nSPS) is 18.4. The Morgan fingerprint density at radius 3 is 2.51 bits per heavy atom. The zero-order valence-corrected chi connectivity index (χ0v) is 18.8. The third-order valence-electron chi connectivity index (χ3n) is 6.64. The number of rotatable bonds is 4. The zero-order chi connectivity index (χ0) is 25.0. The monoisotopic (exact) mass is 495 g/mol. The Morgan fingerprint density at radius 1 is 1.09 bits per heavy atom. The Balaban J connectivity index is 1.32. The lowest BCUT2D eigenvalue weighted by atomic mass is 9.77. The second-order valence-electron chi connectivity index (χ2n) is 9.10. The fraction of sp³-hybridized carbons (Fsp3) is 0.500. The van der Waals surface area contributed by atoms with Crippen LogP contribution in [0.1, 0.15) is 30.8 Å². The van der Waals surface area contributed by atoms with Crippen LogP contribution in [-0.2, 0) is 17.5 Å². The summed E-state index contributed by atoms with van der Waals surface area (Å²) in [6.07, 6.45) is -4.21. The number of carbonyl (C=O) groups excluding carboxylic acids is 1. The van der Waals surface area contributed by atoms with Crippen LogP contribution < -0.4 is 9.80 Å². The molecule has 0 saturated carbocycles. The third kappa shape index (κ3) is 4.50. The Kier molecular flexibility index (Phi) is 5.59. The van der Waals surface area contributed by atoms with Gasteiger partial charge < -0.3 is 4.90 Å². The first-order valence-corrected chi connectivity index (χ1v) is 11.1. The molecule has 2 saturated heterocycles. The van der Waals surface area contributed by atoms with Gasteiger partial charge in [0.05, 0.1) is 6.20 Å². The summed E-state index contributed by atoms with van der Waals surface area (Å²) in [5.74, 6) is 0.283. The maximum atomic E-state index is 13.2. The molecule has 0 N–H and O–H groups in total. The number of piperidine rings is 1. The molecule has 8 nitrogen and oxygen atoms in total. The van der Waals surface area contributed by atoms with Crippen molar-refractivity contribution in [3.05, 3.63) is 35.9 Å². The van der Waals surface area contributed by atoms with Crippen LogP contribution in [0.4, 0.5) is 33.6 Å². The summed E-state index contributed by atoms with van der Waals surface area (Å²) in [7, 11) is 0. The molecule has 0 unspecified atom stereocenters. The van der Waals surface area contributed by atoms with Crippen molar-refractivity contribution in [2.24, 2.45) is 5.41 Å².